The number of thiocarbonyl (C=S) groups is 1. The minimum absolute atomic E-state index is 0.222. The number of primary amides is 1. The predicted molar refractivity (Wildman–Crippen MR) is 67.0 cm³/mol. The fourth-order valence-electron chi connectivity index (χ4n) is 1.06. The Morgan fingerprint density at radius 2 is 1.83 bits per heavy atom. The van der Waals surface area contributed by atoms with Gasteiger partial charge in [-0.1, -0.05) is 0 Å². The molecule has 1 aromatic heterocycles. The molecular formula is C7H9N7O3S. The van der Waals surface area contributed by atoms with Gasteiger partial charge in [0.25, 0.3) is 0 Å². The van der Waals surface area contributed by atoms with Crippen LogP contribution >= 0.6 is 12.2 Å². The Kier molecular flexibility index (Phi) is 3.78. The number of aromatic carboxylic acids is 1. The standard InChI is InChI=1S/C7H9N7O3S/c8-2-1(4(15)16)3(12-6(10)18)13-7(11-2)14-5(9)17/h(H,15,16)(H8,8,9,10,11,12,13,14,17,18). The van der Waals surface area contributed by atoms with Crippen molar-refractivity contribution >= 4 is 46.9 Å². The van der Waals surface area contributed by atoms with Gasteiger partial charge in [0.1, 0.15) is 11.4 Å². The maximum Gasteiger partial charge on any atom is 0.343 e. The summed E-state index contributed by atoms with van der Waals surface area (Å²) in [6.45, 7) is 0. The van der Waals surface area contributed by atoms with Gasteiger partial charge in [-0.15, -0.1) is 0 Å². The first-order valence-electron chi connectivity index (χ1n) is 4.35. The SMILES string of the molecule is NC(=O)Nc1nc(N)c(C(=O)O)c(NC(N)=S)n1. The number of carbonyl (C=O) groups excluding carboxylic acids is 1. The Bertz CT molecular complexity index is 532. The van der Waals surface area contributed by atoms with E-state index in [1.54, 1.807) is 0 Å². The average molecular weight is 271 g/mol. The maximum absolute atomic E-state index is 11.0. The largest absolute Gasteiger partial charge is 0.477 e. The number of hydrogen-bond acceptors (Lipinski definition) is 6. The number of nitrogens with two attached hydrogens (primary N) is 3. The average Bonchev–Trinajstić information content (AvgIpc) is 2.12. The van der Waals surface area contributed by atoms with Crippen molar-refractivity contribution < 1.29 is 14.7 Å². The normalized spacial score (nSPS) is 9.56. The monoisotopic (exact) mass is 271 g/mol. The lowest BCUT2D eigenvalue weighted by Crippen LogP contribution is -2.25. The van der Waals surface area contributed by atoms with E-state index in [1.165, 1.54) is 0 Å². The van der Waals surface area contributed by atoms with Crippen LogP contribution in [-0.2, 0) is 0 Å². The molecule has 10 nitrogen and oxygen atoms in total. The highest BCUT2D eigenvalue weighted by Gasteiger charge is 2.19. The van der Waals surface area contributed by atoms with E-state index in [-0.39, 0.29) is 22.7 Å². The molecule has 0 saturated heterocycles. The third-order valence-corrected chi connectivity index (χ3v) is 1.73. The van der Waals surface area contributed by atoms with Crippen LogP contribution in [0, 0.1) is 0 Å². The number of anilines is 3. The van der Waals surface area contributed by atoms with Crippen LogP contribution in [0.3, 0.4) is 0 Å². The van der Waals surface area contributed by atoms with Crippen molar-refractivity contribution in [1.82, 2.24) is 9.97 Å². The van der Waals surface area contributed by atoms with Gasteiger partial charge >= 0.3 is 12.0 Å². The van der Waals surface area contributed by atoms with Crippen molar-refractivity contribution in [2.24, 2.45) is 11.5 Å². The summed E-state index contributed by atoms with van der Waals surface area (Å²) < 4.78 is 0. The van der Waals surface area contributed by atoms with Crippen LogP contribution in [0.25, 0.3) is 0 Å². The summed E-state index contributed by atoms with van der Waals surface area (Å²) >= 11 is 4.56. The van der Waals surface area contributed by atoms with Gasteiger partial charge in [0.2, 0.25) is 5.95 Å². The number of nitrogens with zero attached hydrogens (tertiary/aromatic N) is 2. The molecule has 1 heterocycles. The molecular weight excluding hydrogens is 262 g/mol. The molecule has 0 aliphatic rings. The predicted octanol–water partition coefficient (Wildman–Crippen LogP) is -1.10. The molecule has 9 N–H and O–H groups in total. The van der Waals surface area contributed by atoms with Crippen molar-refractivity contribution in [3.63, 3.8) is 0 Å². The van der Waals surface area contributed by atoms with Crippen molar-refractivity contribution in [2.45, 2.75) is 0 Å². The van der Waals surface area contributed by atoms with Gasteiger partial charge in [-0.05, 0) is 12.2 Å². The second-order valence-corrected chi connectivity index (χ2v) is 3.38. The highest BCUT2D eigenvalue weighted by Crippen LogP contribution is 2.20. The number of carbonyl (C=O) groups is 2. The number of aromatic nitrogens is 2. The lowest BCUT2D eigenvalue weighted by atomic mass is 10.3. The van der Waals surface area contributed by atoms with E-state index >= 15 is 0 Å². The summed E-state index contributed by atoms with van der Waals surface area (Å²) in [6, 6.07) is -0.932. The highest BCUT2D eigenvalue weighted by molar-refractivity contribution is 7.80. The highest BCUT2D eigenvalue weighted by atomic mass is 32.1. The zero-order valence-electron chi connectivity index (χ0n) is 8.80. The summed E-state index contributed by atoms with van der Waals surface area (Å²) in [5.41, 5.74) is 15.1. The first-order valence-corrected chi connectivity index (χ1v) is 4.75. The summed E-state index contributed by atoms with van der Waals surface area (Å²) in [5.74, 6) is -2.27. The molecule has 0 atom stereocenters. The summed E-state index contributed by atoms with van der Waals surface area (Å²) in [6.07, 6.45) is 0. The van der Waals surface area contributed by atoms with E-state index in [2.05, 4.69) is 27.5 Å². The van der Waals surface area contributed by atoms with Gasteiger partial charge in [0.05, 0.1) is 0 Å². The molecule has 0 spiro atoms. The van der Waals surface area contributed by atoms with Gasteiger partial charge in [-0.25, -0.2) is 9.59 Å². The van der Waals surface area contributed by atoms with Crippen molar-refractivity contribution in [1.29, 1.82) is 0 Å². The molecule has 0 saturated carbocycles. The number of amides is 2. The van der Waals surface area contributed by atoms with Crippen LogP contribution < -0.4 is 27.8 Å². The smallest absolute Gasteiger partial charge is 0.343 e. The van der Waals surface area contributed by atoms with Gasteiger partial charge in [-0.2, -0.15) is 9.97 Å². The Labute approximate surface area is 106 Å². The number of carboxylic acids is 1. The second-order valence-electron chi connectivity index (χ2n) is 2.94. The summed E-state index contributed by atoms with van der Waals surface area (Å²) in [7, 11) is 0. The molecule has 96 valence electrons. The molecule has 1 rings (SSSR count). The lowest BCUT2D eigenvalue weighted by molar-refractivity contribution is 0.0698. The van der Waals surface area contributed by atoms with Gasteiger partial charge in [0.15, 0.2) is 10.9 Å². The van der Waals surface area contributed by atoms with Crippen LogP contribution in [0.4, 0.5) is 22.4 Å². The molecule has 1 aromatic rings. The maximum atomic E-state index is 11.0. The molecule has 0 aromatic carbocycles. The molecule has 11 heteroatoms. The zero-order chi connectivity index (χ0) is 13.9. The molecule has 0 radical (unpaired) electrons. The van der Waals surface area contributed by atoms with E-state index in [4.69, 9.17) is 22.3 Å². The number of nitrogen functional groups attached to an aromatic ring is 1. The van der Waals surface area contributed by atoms with E-state index < -0.39 is 17.6 Å². The Morgan fingerprint density at radius 1 is 1.22 bits per heavy atom. The second kappa shape index (κ2) is 5.09. The van der Waals surface area contributed by atoms with E-state index in [9.17, 15) is 9.59 Å². The Hall–Kier alpha value is -2.69. The third-order valence-electron chi connectivity index (χ3n) is 1.63. The minimum Gasteiger partial charge on any atom is -0.477 e. The van der Waals surface area contributed by atoms with Crippen LogP contribution in [0.1, 0.15) is 10.4 Å². The molecule has 0 bridgehead atoms. The van der Waals surface area contributed by atoms with Crippen LogP contribution in [0.15, 0.2) is 0 Å². The van der Waals surface area contributed by atoms with E-state index in [0.717, 1.165) is 0 Å². The number of hydrogen-bond donors (Lipinski definition) is 6. The first kappa shape index (κ1) is 13.4. The molecule has 0 aliphatic carbocycles. The number of rotatable bonds is 3. The summed E-state index contributed by atoms with van der Waals surface area (Å²) in [4.78, 5) is 28.8. The van der Waals surface area contributed by atoms with Gasteiger partial charge in [-0.3, -0.25) is 5.32 Å². The molecule has 0 fully saturated rings. The molecule has 0 unspecified atom stereocenters. The van der Waals surface area contributed by atoms with Gasteiger partial charge in [0, 0.05) is 0 Å². The lowest BCUT2D eigenvalue weighted by Gasteiger charge is -2.10. The number of urea groups is 1. The van der Waals surface area contributed by atoms with E-state index in [1.807, 2.05) is 5.32 Å². The van der Waals surface area contributed by atoms with Crippen LogP contribution in [0.2, 0.25) is 0 Å². The van der Waals surface area contributed by atoms with E-state index in [0.29, 0.717) is 0 Å². The van der Waals surface area contributed by atoms with Crippen LogP contribution in [0.5, 0.6) is 0 Å². The first-order chi connectivity index (χ1) is 8.31. The minimum atomic E-state index is -1.38. The molecule has 2 amide bonds. The fraction of sp³-hybridized carbons (Fsp3) is 0. The van der Waals surface area contributed by atoms with Crippen molar-refractivity contribution in [2.75, 3.05) is 16.4 Å². The number of carboxylic acid groups (broad SMARTS) is 1. The Balaban J connectivity index is 3.31. The third kappa shape index (κ3) is 3.15. The quantitative estimate of drug-likeness (QED) is 0.371. The van der Waals surface area contributed by atoms with Gasteiger partial charge < -0.3 is 27.6 Å². The van der Waals surface area contributed by atoms with Crippen LogP contribution in [-0.4, -0.2) is 32.2 Å². The fourth-order valence-corrected chi connectivity index (χ4v) is 1.16. The molecule has 0 aliphatic heterocycles. The topological polar surface area (TPSA) is 182 Å². The molecule has 18 heavy (non-hydrogen) atoms. The zero-order valence-corrected chi connectivity index (χ0v) is 9.61. The van der Waals surface area contributed by atoms with Crippen molar-refractivity contribution in [3.8, 4) is 0 Å². The summed E-state index contributed by atoms with van der Waals surface area (Å²) in [5, 5.41) is 13.1. The Morgan fingerprint density at radius 3 is 2.28 bits per heavy atom. The van der Waals surface area contributed by atoms with Crippen molar-refractivity contribution in [3.05, 3.63) is 5.56 Å². The number of nitrogens with one attached hydrogen (secondary N) is 2.